The molecule has 3 N–H and O–H groups in total. The Morgan fingerprint density at radius 2 is 1.93 bits per heavy atom. The first-order valence-electron chi connectivity index (χ1n) is 8.50. The summed E-state index contributed by atoms with van der Waals surface area (Å²) >= 11 is 0. The van der Waals surface area contributed by atoms with Crippen molar-refractivity contribution in [1.82, 2.24) is 9.55 Å². The Kier molecular flexibility index (Phi) is 4.15. The van der Waals surface area contributed by atoms with Gasteiger partial charge in [0.25, 0.3) is 0 Å². The van der Waals surface area contributed by atoms with Gasteiger partial charge in [0.1, 0.15) is 11.6 Å². The molecule has 2 aromatic carbocycles. The largest absolute Gasteiger partial charge is 0.326 e. The molecule has 5 nitrogen and oxygen atoms in total. The SMILES string of the molecule is CC(=O)Nc1ccc2c(c1)nc1n2C[C@H](N)[C@@H](c2cc(F)c(F)cc2F)C1. The van der Waals surface area contributed by atoms with Crippen LogP contribution in [0.3, 0.4) is 0 Å². The highest BCUT2D eigenvalue weighted by Crippen LogP contribution is 2.34. The topological polar surface area (TPSA) is 72.9 Å². The number of fused-ring (bicyclic) bond motifs is 3. The van der Waals surface area contributed by atoms with Crippen LogP contribution in [0, 0.1) is 17.5 Å². The second kappa shape index (κ2) is 6.38. The standard InChI is InChI=1S/C19H17F3N4O/c1-9(27)24-10-2-3-18-17(4-10)25-19-6-12(16(23)8-26(18)19)11-5-14(21)15(22)7-13(11)20/h2-5,7,12,16H,6,8,23H2,1H3,(H,24,27)/t12-,16+/m1/s1. The van der Waals surface area contributed by atoms with Gasteiger partial charge in [-0.15, -0.1) is 0 Å². The number of amides is 1. The smallest absolute Gasteiger partial charge is 0.221 e. The minimum atomic E-state index is -1.22. The van der Waals surface area contributed by atoms with Gasteiger partial charge in [-0.3, -0.25) is 4.79 Å². The van der Waals surface area contributed by atoms with Crippen molar-refractivity contribution in [3.8, 4) is 0 Å². The maximum Gasteiger partial charge on any atom is 0.221 e. The first kappa shape index (κ1) is 17.5. The highest BCUT2D eigenvalue weighted by Gasteiger charge is 2.32. The molecule has 27 heavy (non-hydrogen) atoms. The number of aromatic nitrogens is 2. The quantitative estimate of drug-likeness (QED) is 0.677. The average Bonchev–Trinajstić information content (AvgIpc) is 2.93. The number of anilines is 1. The van der Waals surface area contributed by atoms with Gasteiger partial charge in [-0.05, 0) is 29.8 Å². The lowest BCUT2D eigenvalue weighted by molar-refractivity contribution is -0.114. The van der Waals surface area contributed by atoms with Crippen LogP contribution in [0.4, 0.5) is 18.9 Å². The van der Waals surface area contributed by atoms with Crippen molar-refractivity contribution in [3.05, 3.63) is 59.2 Å². The molecule has 0 bridgehead atoms. The first-order valence-corrected chi connectivity index (χ1v) is 8.50. The number of benzene rings is 2. The van der Waals surface area contributed by atoms with E-state index in [-0.39, 0.29) is 11.5 Å². The van der Waals surface area contributed by atoms with Gasteiger partial charge in [-0.1, -0.05) is 0 Å². The Bertz CT molecular complexity index is 1060. The molecular weight excluding hydrogens is 357 g/mol. The Morgan fingerprint density at radius 1 is 1.19 bits per heavy atom. The molecule has 2 heterocycles. The van der Waals surface area contributed by atoms with E-state index in [0.717, 1.165) is 11.6 Å². The molecule has 140 valence electrons. The van der Waals surface area contributed by atoms with Gasteiger partial charge in [-0.2, -0.15) is 0 Å². The van der Waals surface area contributed by atoms with E-state index in [1.54, 1.807) is 12.1 Å². The molecule has 4 rings (SSSR count). The number of nitrogens with zero attached hydrogens (tertiary/aromatic N) is 2. The predicted octanol–water partition coefficient (Wildman–Crippen LogP) is 3.08. The second-order valence-electron chi connectivity index (χ2n) is 6.79. The van der Waals surface area contributed by atoms with Crippen LogP contribution >= 0.6 is 0 Å². The van der Waals surface area contributed by atoms with Crippen molar-refractivity contribution in [3.63, 3.8) is 0 Å². The van der Waals surface area contributed by atoms with E-state index in [2.05, 4.69) is 10.3 Å². The van der Waals surface area contributed by atoms with Gasteiger partial charge < -0.3 is 15.6 Å². The predicted molar refractivity (Wildman–Crippen MR) is 94.8 cm³/mol. The molecule has 1 aromatic heterocycles. The number of halogens is 3. The Balaban J connectivity index is 1.73. The van der Waals surface area contributed by atoms with Crippen LogP contribution in [0.2, 0.25) is 0 Å². The number of imidazole rings is 1. The van der Waals surface area contributed by atoms with Gasteiger partial charge in [0.2, 0.25) is 5.91 Å². The van der Waals surface area contributed by atoms with E-state index < -0.39 is 29.4 Å². The highest BCUT2D eigenvalue weighted by atomic mass is 19.2. The summed E-state index contributed by atoms with van der Waals surface area (Å²) in [7, 11) is 0. The van der Waals surface area contributed by atoms with E-state index in [9.17, 15) is 18.0 Å². The Hall–Kier alpha value is -2.87. The minimum Gasteiger partial charge on any atom is -0.326 e. The zero-order valence-electron chi connectivity index (χ0n) is 14.5. The summed E-state index contributed by atoms with van der Waals surface area (Å²) in [4.78, 5) is 15.8. The number of hydrogen-bond acceptors (Lipinski definition) is 3. The normalized spacial score (nSPS) is 19.1. The lowest BCUT2D eigenvalue weighted by Crippen LogP contribution is -2.39. The van der Waals surface area contributed by atoms with Crippen LogP contribution < -0.4 is 11.1 Å². The lowest BCUT2D eigenvalue weighted by Gasteiger charge is -2.30. The van der Waals surface area contributed by atoms with E-state index in [1.807, 2.05) is 10.6 Å². The van der Waals surface area contributed by atoms with Crippen LogP contribution in [0.1, 0.15) is 24.2 Å². The summed E-state index contributed by atoms with van der Waals surface area (Å²) in [6.07, 6.45) is 0.299. The van der Waals surface area contributed by atoms with Crippen molar-refractivity contribution in [1.29, 1.82) is 0 Å². The summed E-state index contributed by atoms with van der Waals surface area (Å²) < 4.78 is 43.0. The molecule has 0 unspecified atom stereocenters. The van der Waals surface area contributed by atoms with E-state index >= 15 is 0 Å². The molecule has 0 radical (unpaired) electrons. The molecule has 0 spiro atoms. The number of carbonyl (C=O) groups excluding carboxylic acids is 1. The number of carbonyl (C=O) groups is 1. The highest BCUT2D eigenvalue weighted by molar-refractivity contribution is 5.91. The first-order chi connectivity index (χ1) is 12.8. The van der Waals surface area contributed by atoms with E-state index in [1.165, 1.54) is 6.92 Å². The fourth-order valence-electron chi connectivity index (χ4n) is 3.67. The number of rotatable bonds is 2. The van der Waals surface area contributed by atoms with Crippen molar-refractivity contribution in [2.75, 3.05) is 5.32 Å². The van der Waals surface area contributed by atoms with Crippen LogP contribution in [-0.4, -0.2) is 21.5 Å². The van der Waals surface area contributed by atoms with E-state index in [4.69, 9.17) is 5.73 Å². The molecule has 8 heteroatoms. The number of nitrogens with two attached hydrogens (primary N) is 1. The zero-order valence-corrected chi connectivity index (χ0v) is 14.5. The lowest BCUT2D eigenvalue weighted by atomic mass is 9.86. The summed E-state index contributed by atoms with van der Waals surface area (Å²) in [6.45, 7) is 1.79. The van der Waals surface area contributed by atoms with E-state index in [0.29, 0.717) is 36.1 Å². The summed E-state index contributed by atoms with van der Waals surface area (Å²) in [5.74, 6) is -3.16. The van der Waals surface area contributed by atoms with Gasteiger partial charge in [0.05, 0.1) is 11.0 Å². The van der Waals surface area contributed by atoms with Crippen LogP contribution in [0.5, 0.6) is 0 Å². The Morgan fingerprint density at radius 3 is 2.67 bits per heavy atom. The molecule has 0 fully saturated rings. The van der Waals surface area contributed by atoms with Crippen molar-refractivity contribution in [2.45, 2.75) is 31.8 Å². The maximum absolute atomic E-state index is 14.2. The molecule has 1 aliphatic rings. The van der Waals surface area contributed by atoms with Gasteiger partial charge in [0, 0.05) is 43.6 Å². The van der Waals surface area contributed by atoms with Crippen molar-refractivity contribution < 1.29 is 18.0 Å². The Labute approximate surface area is 153 Å². The summed E-state index contributed by atoms with van der Waals surface area (Å²) in [5, 5.41) is 2.70. The molecule has 0 saturated heterocycles. The van der Waals surface area contributed by atoms with Crippen molar-refractivity contribution in [2.24, 2.45) is 5.73 Å². The zero-order chi connectivity index (χ0) is 19.3. The number of hydrogen-bond donors (Lipinski definition) is 2. The maximum atomic E-state index is 14.2. The van der Waals surface area contributed by atoms with Crippen LogP contribution in [0.25, 0.3) is 11.0 Å². The summed E-state index contributed by atoms with van der Waals surface area (Å²) in [6, 6.07) is 6.30. The van der Waals surface area contributed by atoms with Crippen LogP contribution in [0.15, 0.2) is 30.3 Å². The second-order valence-corrected chi connectivity index (χ2v) is 6.79. The molecular formula is C19H17F3N4O. The molecule has 2 atom stereocenters. The van der Waals surface area contributed by atoms with Gasteiger partial charge >= 0.3 is 0 Å². The molecule has 1 amide bonds. The third-order valence-electron chi connectivity index (χ3n) is 4.90. The average molecular weight is 374 g/mol. The van der Waals surface area contributed by atoms with Crippen LogP contribution in [-0.2, 0) is 17.8 Å². The van der Waals surface area contributed by atoms with Gasteiger partial charge in [0.15, 0.2) is 11.6 Å². The monoisotopic (exact) mass is 374 g/mol. The molecule has 3 aromatic rings. The third-order valence-corrected chi connectivity index (χ3v) is 4.90. The third kappa shape index (κ3) is 3.06. The minimum absolute atomic E-state index is 0.0543. The number of nitrogens with one attached hydrogen (secondary N) is 1. The molecule has 0 aliphatic carbocycles. The fraction of sp³-hybridized carbons (Fsp3) is 0.263. The molecule has 0 saturated carbocycles. The fourth-order valence-corrected chi connectivity index (χ4v) is 3.67. The summed E-state index contributed by atoms with van der Waals surface area (Å²) in [5.41, 5.74) is 8.44. The van der Waals surface area contributed by atoms with Crippen molar-refractivity contribution >= 4 is 22.6 Å². The molecule has 1 aliphatic heterocycles. The van der Waals surface area contributed by atoms with Gasteiger partial charge in [-0.25, -0.2) is 18.2 Å².